The number of hydrogen-bond donors (Lipinski definition) is 0. The van der Waals surface area contributed by atoms with Crippen molar-refractivity contribution in [3.8, 4) is 0 Å². The molecule has 0 heteroatoms. The molecular formula is C22H44. The lowest BCUT2D eigenvalue weighted by molar-refractivity contribution is 0.527. The van der Waals surface area contributed by atoms with Gasteiger partial charge < -0.3 is 0 Å². The van der Waals surface area contributed by atoms with Gasteiger partial charge in [0.15, 0.2) is 0 Å². The molecule has 0 unspecified atom stereocenters. The van der Waals surface area contributed by atoms with Gasteiger partial charge in [-0.1, -0.05) is 122 Å². The lowest BCUT2D eigenvalue weighted by atomic mass is 10.0. The van der Waals surface area contributed by atoms with E-state index in [0.29, 0.717) is 0 Å². The van der Waals surface area contributed by atoms with Crippen LogP contribution >= 0.6 is 0 Å². The van der Waals surface area contributed by atoms with Gasteiger partial charge in [0.2, 0.25) is 0 Å². The number of rotatable bonds is 18. The lowest BCUT2D eigenvalue weighted by Gasteiger charge is -2.03. The SMILES string of the molecule is CC=CCCCCCCCCCCCCCCCCCCC. The first-order valence-electron chi connectivity index (χ1n) is 10.5. The predicted molar refractivity (Wildman–Crippen MR) is 104 cm³/mol. The Labute approximate surface area is 142 Å². The van der Waals surface area contributed by atoms with Gasteiger partial charge in [-0.2, -0.15) is 0 Å². The fourth-order valence-electron chi connectivity index (χ4n) is 3.15. The molecule has 0 aromatic rings. The van der Waals surface area contributed by atoms with E-state index in [4.69, 9.17) is 0 Å². The third-order valence-electron chi connectivity index (χ3n) is 4.71. The van der Waals surface area contributed by atoms with Gasteiger partial charge in [-0.15, -0.1) is 0 Å². The molecule has 0 nitrogen and oxygen atoms in total. The fraction of sp³-hybridized carbons (Fsp3) is 0.909. The summed E-state index contributed by atoms with van der Waals surface area (Å²) in [6.07, 6.45) is 30.6. The minimum atomic E-state index is 1.29. The van der Waals surface area contributed by atoms with Crippen LogP contribution in [-0.2, 0) is 0 Å². The standard InChI is InChI=1S/C22H44/c1-3-5-7-9-11-13-15-17-19-21-22-20-18-16-14-12-10-8-6-4-2/h3,5H,4,6-22H2,1-2H3. The van der Waals surface area contributed by atoms with Gasteiger partial charge in [0.05, 0.1) is 0 Å². The van der Waals surface area contributed by atoms with Crippen molar-refractivity contribution in [2.24, 2.45) is 0 Å². The molecule has 132 valence electrons. The van der Waals surface area contributed by atoms with Crippen LogP contribution in [0.1, 0.15) is 129 Å². The summed E-state index contributed by atoms with van der Waals surface area (Å²) in [4.78, 5) is 0. The van der Waals surface area contributed by atoms with Crippen molar-refractivity contribution in [2.45, 2.75) is 129 Å². The smallest absolute Gasteiger partial charge is 0.0351 e. The van der Waals surface area contributed by atoms with E-state index in [-0.39, 0.29) is 0 Å². The second-order valence-corrected chi connectivity index (χ2v) is 7.01. The van der Waals surface area contributed by atoms with Crippen molar-refractivity contribution >= 4 is 0 Å². The average Bonchev–Trinajstić information content (AvgIpc) is 2.54. The maximum absolute atomic E-state index is 2.30. The van der Waals surface area contributed by atoms with Gasteiger partial charge in [0, 0.05) is 0 Å². The Morgan fingerprint density at radius 3 is 1.09 bits per heavy atom. The highest BCUT2D eigenvalue weighted by atomic mass is 14.0. The van der Waals surface area contributed by atoms with E-state index in [0.717, 1.165) is 0 Å². The first kappa shape index (κ1) is 21.7. The van der Waals surface area contributed by atoms with Crippen molar-refractivity contribution in [1.29, 1.82) is 0 Å². The van der Waals surface area contributed by atoms with Gasteiger partial charge in [-0.05, 0) is 19.8 Å². The summed E-state index contributed by atoms with van der Waals surface area (Å²) in [6, 6.07) is 0. The molecule has 0 spiro atoms. The fourth-order valence-corrected chi connectivity index (χ4v) is 3.15. The van der Waals surface area contributed by atoms with Crippen LogP contribution in [0.25, 0.3) is 0 Å². The molecule has 0 heterocycles. The molecular weight excluding hydrogens is 264 g/mol. The zero-order valence-electron chi connectivity index (χ0n) is 15.9. The molecule has 0 radical (unpaired) electrons. The van der Waals surface area contributed by atoms with Gasteiger partial charge in [-0.25, -0.2) is 0 Å². The van der Waals surface area contributed by atoms with Crippen molar-refractivity contribution in [2.75, 3.05) is 0 Å². The largest absolute Gasteiger partial charge is 0.0917 e. The molecule has 0 aliphatic heterocycles. The molecule has 0 aliphatic carbocycles. The summed E-state index contributed by atoms with van der Waals surface area (Å²) >= 11 is 0. The van der Waals surface area contributed by atoms with E-state index >= 15 is 0 Å². The maximum atomic E-state index is 2.30. The second-order valence-electron chi connectivity index (χ2n) is 7.01. The van der Waals surface area contributed by atoms with Gasteiger partial charge in [0.25, 0.3) is 0 Å². The Kier molecular flexibility index (Phi) is 20.5. The van der Waals surface area contributed by atoms with Gasteiger partial charge in [-0.3, -0.25) is 0 Å². The highest BCUT2D eigenvalue weighted by Crippen LogP contribution is 2.14. The summed E-state index contributed by atoms with van der Waals surface area (Å²) < 4.78 is 0. The van der Waals surface area contributed by atoms with Crippen LogP contribution in [0.5, 0.6) is 0 Å². The molecule has 22 heavy (non-hydrogen) atoms. The first-order chi connectivity index (χ1) is 10.9. The first-order valence-corrected chi connectivity index (χ1v) is 10.5. The molecule has 0 N–H and O–H groups in total. The summed E-state index contributed by atoms with van der Waals surface area (Å²) in [5.74, 6) is 0. The van der Waals surface area contributed by atoms with Gasteiger partial charge in [0.1, 0.15) is 0 Å². The van der Waals surface area contributed by atoms with E-state index in [1.54, 1.807) is 0 Å². The minimum Gasteiger partial charge on any atom is -0.0917 e. The summed E-state index contributed by atoms with van der Waals surface area (Å²) in [5.41, 5.74) is 0. The molecule has 0 amide bonds. The molecule has 0 aromatic carbocycles. The van der Waals surface area contributed by atoms with Crippen LogP contribution in [0.4, 0.5) is 0 Å². The highest BCUT2D eigenvalue weighted by molar-refractivity contribution is 4.76. The van der Waals surface area contributed by atoms with E-state index in [9.17, 15) is 0 Å². The van der Waals surface area contributed by atoms with Crippen molar-refractivity contribution in [3.05, 3.63) is 12.2 Å². The molecule has 0 atom stereocenters. The molecule has 0 fully saturated rings. The number of hydrogen-bond acceptors (Lipinski definition) is 0. The third-order valence-corrected chi connectivity index (χ3v) is 4.71. The van der Waals surface area contributed by atoms with E-state index in [1.165, 1.54) is 116 Å². The summed E-state index contributed by atoms with van der Waals surface area (Å²) in [7, 11) is 0. The normalized spacial score (nSPS) is 11.5. The molecule has 0 saturated carbocycles. The Morgan fingerprint density at radius 2 is 0.773 bits per heavy atom. The monoisotopic (exact) mass is 308 g/mol. The molecule has 0 bridgehead atoms. The Hall–Kier alpha value is -0.260. The quantitative estimate of drug-likeness (QED) is 0.176. The van der Waals surface area contributed by atoms with Crippen molar-refractivity contribution in [1.82, 2.24) is 0 Å². The van der Waals surface area contributed by atoms with Crippen LogP contribution < -0.4 is 0 Å². The van der Waals surface area contributed by atoms with Gasteiger partial charge >= 0.3 is 0 Å². The van der Waals surface area contributed by atoms with Crippen molar-refractivity contribution in [3.63, 3.8) is 0 Å². The summed E-state index contributed by atoms with van der Waals surface area (Å²) in [5, 5.41) is 0. The zero-order valence-corrected chi connectivity index (χ0v) is 15.9. The number of unbranched alkanes of at least 4 members (excludes halogenated alkanes) is 17. The zero-order chi connectivity index (χ0) is 16.1. The lowest BCUT2D eigenvalue weighted by Crippen LogP contribution is -1.83. The molecule has 0 aliphatic rings. The van der Waals surface area contributed by atoms with Crippen LogP contribution in [0.2, 0.25) is 0 Å². The van der Waals surface area contributed by atoms with E-state index < -0.39 is 0 Å². The summed E-state index contributed by atoms with van der Waals surface area (Å²) in [6.45, 7) is 4.42. The van der Waals surface area contributed by atoms with E-state index in [2.05, 4.69) is 26.0 Å². The topological polar surface area (TPSA) is 0 Å². The van der Waals surface area contributed by atoms with E-state index in [1.807, 2.05) is 0 Å². The van der Waals surface area contributed by atoms with Crippen molar-refractivity contribution < 1.29 is 0 Å². The molecule has 0 saturated heterocycles. The van der Waals surface area contributed by atoms with Crippen LogP contribution in [0, 0.1) is 0 Å². The van der Waals surface area contributed by atoms with Crippen LogP contribution in [-0.4, -0.2) is 0 Å². The number of allylic oxidation sites excluding steroid dienone is 2. The Balaban J connectivity index is 2.94. The Morgan fingerprint density at radius 1 is 0.455 bits per heavy atom. The molecule has 0 aromatic heterocycles. The average molecular weight is 309 g/mol. The Bertz CT molecular complexity index is 204. The highest BCUT2D eigenvalue weighted by Gasteiger charge is 1.94. The second kappa shape index (κ2) is 20.7. The molecule has 0 rings (SSSR count). The maximum Gasteiger partial charge on any atom is -0.0351 e. The predicted octanol–water partition coefficient (Wildman–Crippen LogP) is 8.60. The minimum absolute atomic E-state index is 1.29. The van der Waals surface area contributed by atoms with Crippen LogP contribution in [0.3, 0.4) is 0 Å². The van der Waals surface area contributed by atoms with Crippen LogP contribution in [0.15, 0.2) is 12.2 Å². The third kappa shape index (κ3) is 19.7.